The molecule has 1 aromatic carbocycles. The van der Waals surface area contributed by atoms with Crippen molar-refractivity contribution in [2.24, 2.45) is 0 Å². The van der Waals surface area contributed by atoms with Crippen LogP contribution in [0.25, 0.3) is 10.9 Å². The summed E-state index contributed by atoms with van der Waals surface area (Å²) in [6.07, 6.45) is 7.34. The predicted octanol–water partition coefficient (Wildman–Crippen LogP) is 1.40. The van der Waals surface area contributed by atoms with Crippen LogP contribution >= 0.6 is 0 Å². The van der Waals surface area contributed by atoms with Gasteiger partial charge in [-0.1, -0.05) is 6.07 Å². The third kappa shape index (κ3) is 2.98. The van der Waals surface area contributed by atoms with Gasteiger partial charge >= 0.3 is 0 Å². The number of aromatic nitrogens is 4. The fourth-order valence-corrected chi connectivity index (χ4v) is 4.54. The van der Waals surface area contributed by atoms with Crippen molar-refractivity contribution in [1.82, 2.24) is 19.7 Å². The van der Waals surface area contributed by atoms with Gasteiger partial charge in [-0.3, -0.25) is 14.5 Å². The minimum atomic E-state index is -3.33. The van der Waals surface area contributed by atoms with Crippen LogP contribution in [0.1, 0.15) is 12.8 Å². The minimum absolute atomic E-state index is 0.0486. The van der Waals surface area contributed by atoms with Gasteiger partial charge in [0.2, 0.25) is 5.91 Å². The Balaban J connectivity index is 1.62. The van der Waals surface area contributed by atoms with Gasteiger partial charge in [0.1, 0.15) is 6.54 Å². The molecule has 1 amide bonds. The molecule has 1 fully saturated rings. The Morgan fingerprint density at radius 1 is 1.24 bits per heavy atom. The lowest BCUT2D eigenvalue weighted by Gasteiger charge is -2.07. The standard InChI is InChI=1S/C16H15N5O3S/c22-16(20-15-9-17-6-7-18-15)10-21-13-2-1-3-14(12(13)8-19-21)25(23,24)11-4-5-11/h1-3,6-9,11H,4-5,10H2,(H,18,20,22). The zero-order valence-electron chi connectivity index (χ0n) is 13.2. The van der Waals surface area contributed by atoms with Crippen molar-refractivity contribution in [2.75, 3.05) is 5.32 Å². The number of hydrogen-bond donors (Lipinski definition) is 1. The maximum Gasteiger partial charge on any atom is 0.247 e. The maximum absolute atomic E-state index is 12.5. The van der Waals surface area contributed by atoms with Crippen molar-refractivity contribution in [1.29, 1.82) is 0 Å². The summed E-state index contributed by atoms with van der Waals surface area (Å²) in [5.41, 5.74) is 0.607. The van der Waals surface area contributed by atoms with Crippen molar-refractivity contribution >= 4 is 32.5 Å². The monoisotopic (exact) mass is 357 g/mol. The van der Waals surface area contributed by atoms with Gasteiger partial charge in [0.05, 0.1) is 28.1 Å². The lowest BCUT2D eigenvalue weighted by atomic mass is 10.2. The van der Waals surface area contributed by atoms with Gasteiger partial charge in [0.15, 0.2) is 15.7 Å². The highest BCUT2D eigenvalue weighted by atomic mass is 32.2. The topological polar surface area (TPSA) is 107 Å². The van der Waals surface area contributed by atoms with Crippen LogP contribution in [-0.2, 0) is 21.2 Å². The normalized spacial score (nSPS) is 14.6. The molecule has 4 rings (SSSR count). The molecule has 1 saturated carbocycles. The number of sulfone groups is 1. The number of nitrogens with zero attached hydrogens (tertiary/aromatic N) is 4. The molecule has 1 aliphatic rings. The molecule has 9 heteroatoms. The Morgan fingerprint density at radius 3 is 2.80 bits per heavy atom. The fraction of sp³-hybridized carbons (Fsp3) is 0.250. The van der Waals surface area contributed by atoms with E-state index in [9.17, 15) is 13.2 Å². The molecule has 3 aromatic rings. The highest BCUT2D eigenvalue weighted by Crippen LogP contribution is 2.36. The molecule has 0 spiro atoms. The molecule has 0 saturated heterocycles. The summed E-state index contributed by atoms with van der Waals surface area (Å²) >= 11 is 0. The fourth-order valence-electron chi connectivity index (χ4n) is 2.69. The van der Waals surface area contributed by atoms with Crippen molar-refractivity contribution in [3.63, 3.8) is 0 Å². The number of hydrogen-bond acceptors (Lipinski definition) is 6. The molecular weight excluding hydrogens is 342 g/mol. The molecule has 0 atom stereocenters. The molecule has 0 aliphatic heterocycles. The van der Waals surface area contributed by atoms with E-state index in [1.807, 2.05) is 0 Å². The zero-order chi connectivity index (χ0) is 17.4. The number of carbonyl (C=O) groups excluding carboxylic acids is 1. The Labute approximate surface area is 143 Å². The first kappa shape index (κ1) is 15.7. The number of nitrogens with one attached hydrogen (secondary N) is 1. The summed E-state index contributed by atoms with van der Waals surface area (Å²) < 4.78 is 26.6. The van der Waals surface area contributed by atoms with E-state index in [0.29, 0.717) is 29.6 Å². The summed E-state index contributed by atoms with van der Waals surface area (Å²) in [6.45, 7) is -0.0486. The molecule has 1 aliphatic carbocycles. The van der Waals surface area contributed by atoms with Crippen molar-refractivity contribution in [2.45, 2.75) is 29.5 Å². The number of fused-ring (bicyclic) bond motifs is 1. The summed E-state index contributed by atoms with van der Waals surface area (Å²) in [5, 5.41) is 7.07. The van der Waals surface area contributed by atoms with Crippen LogP contribution in [-0.4, -0.2) is 39.3 Å². The van der Waals surface area contributed by atoms with E-state index < -0.39 is 9.84 Å². The smallest absolute Gasteiger partial charge is 0.247 e. The molecule has 2 aromatic heterocycles. The summed E-state index contributed by atoms with van der Waals surface area (Å²) in [6, 6.07) is 5.03. The van der Waals surface area contributed by atoms with Gasteiger partial charge in [-0.15, -0.1) is 0 Å². The Bertz CT molecular complexity index is 1040. The number of benzene rings is 1. The lowest BCUT2D eigenvalue weighted by molar-refractivity contribution is -0.116. The van der Waals surface area contributed by atoms with Crippen molar-refractivity contribution in [3.8, 4) is 0 Å². The van der Waals surface area contributed by atoms with E-state index in [4.69, 9.17) is 0 Å². The zero-order valence-corrected chi connectivity index (χ0v) is 14.0. The average Bonchev–Trinajstić information content (AvgIpc) is 3.39. The van der Waals surface area contributed by atoms with Crippen LogP contribution in [0.2, 0.25) is 0 Å². The van der Waals surface area contributed by atoms with Gasteiger partial charge in [0.25, 0.3) is 0 Å². The van der Waals surface area contributed by atoms with Crippen LogP contribution in [0.15, 0.2) is 47.9 Å². The summed E-state index contributed by atoms with van der Waals surface area (Å²) in [7, 11) is -3.33. The molecule has 0 radical (unpaired) electrons. The van der Waals surface area contributed by atoms with E-state index in [-0.39, 0.29) is 22.6 Å². The predicted molar refractivity (Wildman–Crippen MR) is 90.6 cm³/mol. The molecule has 128 valence electrons. The third-order valence-electron chi connectivity index (χ3n) is 4.04. The van der Waals surface area contributed by atoms with Crippen LogP contribution in [0.4, 0.5) is 5.82 Å². The van der Waals surface area contributed by atoms with Gasteiger partial charge in [-0.25, -0.2) is 13.4 Å². The highest BCUT2D eigenvalue weighted by molar-refractivity contribution is 7.92. The van der Waals surface area contributed by atoms with E-state index in [1.54, 1.807) is 18.2 Å². The van der Waals surface area contributed by atoms with Crippen LogP contribution < -0.4 is 5.32 Å². The second kappa shape index (κ2) is 5.92. The number of rotatable bonds is 5. The molecule has 25 heavy (non-hydrogen) atoms. The molecule has 8 nitrogen and oxygen atoms in total. The second-order valence-corrected chi connectivity index (χ2v) is 8.07. The molecule has 2 heterocycles. The van der Waals surface area contributed by atoms with Crippen LogP contribution in [0.3, 0.4) is 0 Å². The summed E-state index contributed by atoms with van der Waals surface area (Å²) in [5.74, 6) is 0.0296. The third-order valence-corrected chi connectivity index (χ3v) is 6.36. The van der Waals surface area contributed by atoms with E-state index in [0.717, 1.165) is 0 Å². The van der Waals surface area contributed by atoms with Gasteiger partial charge in [-0.2, -0.15) is 5.10 Å². The maximum atomic E-state index is 12.5. The Kier molecular flexibility index (Phi) is 3.72. The lowest BCUT2D eigenvalue weighted by Crippen LogP contribution is -2.20. The van der Waals surface area contributed by atoms with Crippen molar-refractivity contribution < 1.29 is 13.2 Å². The van der Waals surface area contributed by atoms with E-state index in [2.05, 4.69) is 20.4 Å². The first-order valence-electron chi connectivity index (χ1n) is 7.80. The summed E-state index contributed by atoms with van der Waals surface area (Å²) in [4.78, 5) is 20.3. The number of anilines is 1. The SMILES string of the molecule is O=C(Cn1ncc2c(S(=O)(=O)C3CC3)cccc21)Nc1cnccn1. The quantitative estimate of drug-likeness (QED) is 0.740. The van der Waals surface area contributed by atoms with E-state index in [1.165, 1.54) is 29.5 Å². The number of amides is 1. The van der Waals surface area contributed by atoms with Gasteiger partial charge in [0, 0.05) is 17.8 Å². The van der Waals surface area contributed by atoms with Gasteiger partial charge < -0.3 is 5.32 Å². The molecule has 1 N–H and O–H groups in total. The first-order chi connectivity index (χ1) is 12.1. The van der Waals surface area contributed by atoms with Crippen molar-refractivity contribution in [3.05, 3.63) is 43.0 Å². The molecule has 0 bridgehead atoms. The van der Waals surface area contributed by atoms with Gasteiger partial charge in [-0.05, 0) is 25.0 Å². The van der Waals surface area contributed by atoms with Crippen LogP contribution in [0, 0.1) is 0 Å². The van der Waals surface area contributed by atoms with E-state index >= 15 is 0 Å². The molecular formula is C16H15N5O3S. The van der Waals surface area contributed by atoms with Crippen LogP contribution in [0.5, 0.6) is 0 Å². The first-order valence-corrected chi connectivity index (χ1v) is 9.34. The minimum Gasteiger partial charge on any atom is -0.308 e. The Morgan fingerprint density at radius 2 is 2.08 bits per heavy atom. The highest BCUT2D eigenvalue weighted by Gasteiger charge is 2.38. The largest absolute Gasteiger partial charge is 0.308 e. The Hall–Kier alpha value is -2.81. The molecule has 0 unspecified atom stereocenters. The number of carbonyl (C=O) groups is 1. The average molecular weight is 357 g/mol. The second-order valence-electron chi connectivity index (χ2n) is 5.87.